The molecule has 17 heavy (non-hydrogen) atoms. The number of H-pyrrole nitrogens is 1. The van der Waals surface area contributed by atoms with Gasteiger partial charge in [0.15, 0.2) is 0 Å². The monoisotopic (exact) mass is 235 g/mol. The van der Waals surface area contributed by atoms with Gasteiger partial charge in [-0.1, -0.05) is 6.07 Å². The smallest absolute Gasteiger partial charge is 0.326 e. The first-order valence-corrected chi connectivity index (χ1v) is 5.67. The number of benzene rings is 1. The molecule has 1 aromatic heterocycles. The molecule has 0 aliphatic carbocycles. The minimum atomic E-state index is -0.690. The van der Waals surface area contributed by atoms with Gasteiger partial charge in [-0.2, -0.15) is 0 Å². The predicted molar refractivity (Wildman–Crippen MR) is 67.0 cm³/mol. The van der Waals surface area contributed by atoms with Crippen molar-refractivity contribution in [1.29, 1.82) is 0 Å². The number of aliphatic hydroxyl groups excluding tert-OH is 1. The van der Waals surface area contributed by atoms with E-state index in [1.165, 1.54) is 0 Å². The van der Waals surface area contributed by atoms with Crippen LogP contribution in [0.4, 0.5) is 0 Å². The summed E-state index contributed by atoms with van der Waals surface area (Å²) < 4.78 is 1.67. The van der Waals surface area contributed by atoms with Crippen LogP contribution in [0.2, 0.25) is 0 Å². The summed E-state index contributed by atoms with van der Waals surface area (Å²) in [7, 11) is 0. The Kier molecular flexibility index (Phi) is 3.04. The van der Waals surface area contributed by atoms with Crippen molar-refractivity contribution in [2.45, 2.75) is 26.0 Å². The molecule has 0 radical (unpaired) electrons. The van der Waals surface area contributed by atoms with E-state index in [0.717, 1.165) is 16.6 Å². The Bertz CT molecular complexity index is 583. The third kappa shape index (κ3) is 1.99. The number of nitrogens with two attached hydrogens (primary N) is 1. The molecule has 5 nitrogen and oxygen atoms in total. The highest BCUT2D eigenvalue weighted by molar-refractivity contribution is 5.76. The van der Waals surface area contributed by atoms with Crippen LogP contribution in [-0.4, -0.2) is 21.2 Å². The maximum absolute atomic E-state index is 11.8. The van der Waals surface area contributed by atoms with Crippen LogP contribution in [0.5, 0.6) is 0 Å². The summed E-state index contributed by atoms with van der Waals surface area (Å²) in [4.78, 5) is 14.5. The second-order valence-electron chi connectivity index (χ2n) is 4.42. The Labute approximate surface area is 98.9 Å². The highest BCUT2D eigenvalue weighted by atomic mass is 16.3. The van der Waals surface area contributed by atoms with Crippen LogP contribution < -0.4 is 11.4 Å². The van der Waals surface area contributed by atoms with Gasteiger partial charge in [0.1, 0.15) is 0 Å². The number of imidazole rings is 1. The summed E-state index contributed by atoms with van der Waals surface area (Å²) in [6.07, 6.45) is -0.690. The van der Waals surface area contributed by atoms with Crippen LogP contribution >= 0.6 is 0 Å². The second kappa shape index (κ2) is 4.35. The maximum atomic E-state index is 11.8. The summed E-state index contributed by atoms with van der Waals surface area (Å²) in [5, 5.41) is 9.70. The van der Waals surface area contributed by atoms with Gasteiger partial charge >= 0.3 is 5.69 Å². The number of aromatic nitrogens is 2. The van der Waals surface area contributed by atoms with E-state index >= 15 is 0 Å². The highest BCUT2D eigenvalue weighted by Crippen LogP contribution is 2.20. The van der Waals surface area contributed by atoms with Crippen molar-refractivity contribution in [1.82, 2.24) is 9.55 Å². The van der Waals surface area contributed by atoms with Crippen LogP contribution in [-0.2, 0) is 0 Å². The average Bonchev–Trinajstić information content (AvgIpc) is 2.62. The molecule has 2 rings (SSSR count). The SMILES string of the molecule is CC(C)n1c(=O)[nH]c2ccc(C(O)CN)cc21. The normalized spacial score (nSPS) is 13.5. The lowest BCUT2D eigenvalue weighted by Crippen LogP contribution is -2.18. The van der Waals surface area contributed by atoms with E-state index in [1.54, 1.807) is 16.7 Å². The Balaban J connectivity index is 2.66. The molecule has 4 N–H and O–H groups in total. The van der Waals surface area contributed by atoms with Crippen LogP contribution in [0.3, 0.4) is 0 Å². The van der Waals surface area contributed by atoms with Crippen molar-refractivity contribution in [2.75, 3.05) is 6.54 Å². The standard InChI is InChI=1S/C12H17N3O2/c1-7(2)15-10-5-8(11(16)6-13)3-4-9(10)14-12(15)17/h3-5,7,11,16H,6,13H2,1-2H3,(H,14,17). The van der Waals surface area contributed by atoms with Crippen LogP contribution in [0.15, 0.2) is 23.0 Å². The molecular formula is C12H17N3O2. The van der Waals surface area contributed by atoms with Gasteiger partial charge in [0.25, 0.3) is 0 Å². The highest BCUT2D eigenvalue weighted by Gasteiger charge is 2.12. The molecule has 0 aliphatic rings. The molecule has 0 aliphatic heterocycles. The third-order valence-corrected chi connectivity index (χ3v) is 2.87. The summed E-state index contributed by atoms with van der Waals surface area (Å²) in [5.41, 5.74) is 7.60. The zero-order chi connectivity index (χ0) is 12.6. The molecule has 0 fully saturated rings. The lowest BCUT2D eigenvalue weighted by molar-refractivity contribution is 0.187. The van der Waals surface area contributed by atoms with E-state index in [1.807, 2.05) is 19.9 Å². The molecule has 0 spiro atoms. The minimum absolute atomic E-state index is 0.0709. The number of nitrogens with zero attached hydrogens (tertiary/aromatic N) is 1. The first kappa shape index (κ1) is 11.9. The predicted octanol–water partition coefficient (Wildman–Crippen LogP) is 0.903. The van der Waals surface area contributed by atoms with Gasteiger partial charge in [-0.3, -0.25) is 4.57 Å². The number of nitrogens with one attached hydrogen (secondary N) is 1. The fourth-order valence-electron chi connectivity index (χ4n) is 1.99. The van der Waals surface area contributed by atoms with Crippen molar-refractivity contribution in [3.8, 4) is 0 Å². The molecule has 1 aromatic carbocycles. The first-order valence-electron chi connectivity index (χ1n) is 5.67. The van der Waals surface area contributed by atoms with Gasteiger partial charge in [0, 0.05) is 12.6 Å². The molecule has 92 valence electrons. The van der Waals surface area contributed by atoms with E-state index in [9.17, 15) is 9.90 Å². The molecule has 1 heterocycles. The first-order chi connectivity index (χ1) is 8.04. The van der Waals surface area contributed by atoms with Gasteiger partial charge in [0.2, 0.25) is 0 Å². The molecule has 0 amide bonds. The maximum Gasteiger partial charge on any atom is 0.326 e. The lowest BCUT2D eigenvalue weighted by Gasteiger charge is -2.10. The third-order valence-electron chi connectivity index (χ3n) is 2.87. The largest absolute Gasteiger partial charge is 0.387 e. The van der Waals surface area contributed by atoms with Gasteiger partial charge < -0.3 is 15.8 Å². The second-order valence-corrected chi connectivity index (χ2v) is 4.42. The topological polar surface area (TPSA) is 84.0 Å². The average molecular weight is 235 g/mol. The van der Waals surface area contributed by atoms with E-state index < -0.39 is 6.10 Å². The van der Waals surface area contributed by atoms with Crippen LogP contribution in [0, 0.1) is 0 Å². The van der Waals surface area contributed by atoms with Crippen molar-refractivity contribution < 1.29 is 5.11 Å². The minimum Gasteiger partial charge on any atom is -0.387 e. The Morgan fingerprint density at radius 3 is 2.76 bits per heavy atom. The van der Waals surface area contributed by atoms with Gasteiger partial charge in [-0.25, -0.2) is 4.79 Å². The number of hydrogen-bond donors (Lipinski definition) is 3. The van der Waals surface area contributed by atoms with Crippen molar-refractivity contribution in [3.05, 3.63) is 34.2 Å². The lowest BCUT2D eigenvalue weighted by atomic mass is 10.1. The number of aliphatic hydroxyl groups is 1. The quantitative estimate of drug-likeness (QED) is 0.739. The van der Waals surface area contributed by atoms with Crippen molar-refractivity contribution >= 4 is 11.0 Å². The van der Waals surface area contributed by atoms with Crippen LogP contribution in [0.25, 0.3) is 11.0 Å². The Morgan fingerprint density at radius 1 is 1.47 bits per heavy atom. The summed E-state index contributed by atoms with van der Waals surface area (Å²) in [5.74, 6) is 0. The van der Waals surface area contributed by atoms with Gasteiger partial charge in [-0.15, -0.1) is 0 Å². The molecule has 2 aromatic rings. The van der Waals surface area contributed by atoms with Gasteiger partial charge in [0.05, 0.1) is 17.1 Å². The Morgan fingerprint density at radius 2 is 2.18 bits per heavy atom. The summed E-state index contributed by atoms with van der Waals surface area (Å²) in [6, 6.07) is 5.45. The molecule has 0 saturated heterocycles. The number of aromatic amines is 1. The van der Waals surface area contributed by atoms with E-state index in [-0.39, 0.29) is 18.3 Å². The van der Waals surface area contributed by atoms with Gasteiger partial charge in [-0.05, 0) is 31.5 Å². The summed E-state index contributed by atoms with van der Waals surface area (Å²) in [6.45, 7) is 4.06. The number of fused-ring (bicyclic) bond motifs is 1. The van der Waals surface area contributed by atoms with E-state index in [4.69, 9.17) is 5.73 Å². The van der Waals surface area contributed by atoms with Crippen LogP contribution in [0.1, 0.15) is 31.6 Å². The molecule has 1 atom stereocenters. The summed E-state index contributed by atoms with van der Waals surface area (Å²) >= 11 is 0. The van der Waals surface area contributed by atoms with Crippen molar-refractivity contribution in [3.63, 3.8) is 0 Å². The molecule has 5 heteroatoms. The van der Waals surface area contributed by atoms with E-state index in [2.05, 4.69) is 4.98 Å². The van der Waals surface area contributed by atoms with E-state index in [0.29, 0.717) is 0 Å². The zero-order valence-corrected chi connectivity index (χ0v) is 9.97. The Hall–Kier alpha value is -1.59. The van der Waals surface area contributed by atoms with Crippen molar-refractivity contribution in [2.24, 2.45) is 5.73 Å². The molecule has 0 saturated carbocycles. The number of hydrogen-bond acceptors (Lipinski definition) is 3. The molecule has 0 bridgehead atoms. The fourth-order valence-corrected chi connectivity index (χ4v) is 1.99. The molecular weight excluding hydrogens is 218 g/mol. The molecule has 1 unspecified atom stereocenters. The number of rotatable bonds is 3. The fraction of sp³-hybridized carbons (Fsp3) is 0.417. The zero-order valence-electron chi connectivity index (χ0n) is 9.97.